The number of amides is 1. The molecule has 2 aliphatic heterocycles. The fourth-order valence-electron chi connectivity index (χ4n) is 5.81. The van der Waals surface area contributed by atoms with Crippen LogP contribution in [0.4, 0.5) is 16.3 Å². The highest BCUT2D eigenvalue weighted by Gasteiger charge is 2.35. The maximum Gasteiger partial charge on any atom is 0.407 e. The highest BCUT2D eigenvalue weighted by molar-refractivity contribution is 5.84. The summed E-state index contributed by atoms with van der Waals surface area (Å²) in [5.41, 5.74) is 4.62. The van der Waals surface area contributed by atoms with Crippen molar-refractivity contribution < 1.29 is 9.90 Å². The summed E-state index contributed by atoms with van der Waals surface area (Å²) < 4.78 is 2.07. The normalized spacial score (nSPS) is 15.5. The highest BCUT2D eigenvalue weighted by Crippen LogP contribution is 2.39. The molecule has 2 aromatic heterocycles. The lowest BCUT2D eigenvalue weighted by molar-refractivity contribution is 0.0408. The third-order valence-electron chi connectivity index (χ3n) is 7.58. The van der Waals surface area contributed by atoms with Crippen LogP contribution in [0.2, 0.25) is 0 Å². The van der Waals surface area contributed by atoms with Gasteiger partial charge in [-0.3, -0.25) is 9.47 Å². The van der Waals surface area contributed by atoms with E-state index >= 15 is 0 Å². The lowest BCUT2D eigenvalue weighted by Gasteiger charge is -2.43. The Kier molecular flexibility index (Phi) is 6.31. The van der Waals surface area contributed by atoms with Gasteiger partial charge in [0.25, 0.3) is 0 Å². The number of likely N-dealkylation sites (tertiary alicyclic amines) is 1. The number of nitrogens with zero attached hydrogens (tertiary/aromatic N) is 6. The minimum absolute atomic E-state index is 0.0568. The van der Waals surface area contributed by atoms with Crippen molar-refractivity contribution in [1.82, 2.24) is 29.5 Å². The topological polar surface area (TPSA) is 99.4 Å². The van der Waals surface area contributed by atoms with Crippen LogP contribution in [0.25, 0.3) is 28.5 Å². The van der Waals surface area contributed by atoms with E-state index in [0.29, 0.717) is 0 Å². The molecule has 4 aromatic rings. The van der Waals surface area contributed by atoms with E-state index < -0.39 is 11.6 Å². The van der Waals surface area contributed by atoms with Crippen molar-refractivity contribution in [3.63, 3.8) is 0 Å². The van der Waals surface area contributed by atoms with Gasteiger partial charge in [-0.25, -0.2) is 9.78 Å². The van der Waals surface area contributed by atoms with Gasteiger partial charge in [0, 0.05) is 48.5 Å². The largest absolute Gasteiger partial charge is 0.465 e. The van der Waals surface area contributed by atoms with Crippen molar-refractivity contribution in [2.24, 2.45) is 0 Å². The van der Waals surface area contributed by atoms with Crippen LogP contribution in [0.5, 0.6) is 0 Å². The lowest BCUT2D eigenvalue weighted by atomic mass is 9.96. The molecular weight excluding hydrogens is 490 g/mol. The number of nitrogens with one attached hydrogen (secondary N) is 1. The average molecular weight is 524 g/mol. The van der Waals surface area contributed by atoms with Crippen LogP contribution in [0.15, 0.2) is 66.9 Å². The first kappa shape index (κ1) is 25.1. The molecule has 0 atom stereocenters. The number of benzene rings is 2. The number of hydrogen-bond donors (Lipinski definition) is 2. The van der Waals surface area contributed by atoms with E-state index in [0.717, 1.165) is 72.4 Å². The standard InChI is InChI=1S/C30H33N7O2/c1-30(2,3)37(29(38)39)22-14-17-35(18-15-22)19-20-10-12-21(13-11-20)27-33-34-28-23-7-4-5-8-24(23)32-26-25(36(27)28)9-6-16-31-26/h4-13,16,22H,14-15,17-19H2,1-3H3,(H,31,32)(H,38,39). The third-order valence-corrected chi connectivity index (χ3v) is 7.58. The fraction of sp³-hybridized carbons (Fsp3) is 0.333. The Labute approximate surface area is 228 Å². The molecule has 0 unspecified atom stereocenters. The second kappa shape index (κ2) is 9.81. The minimum atomic E-state index is -0.833. The first-order chi connectivity index (χ1) is 18.8. The molecule has 200 valence electrons. The Bertz CT molecular complexity index is 1500. The Morgan fingerprint density at radius 2 is 1.72 bits per heavy atom. The molecule has 2 aliphatic rings. The molecule has 9 heteroatoms. The van der Waals surface area contributed by atoms with E-state index in [9.17, 15) is 9.90 Å². The number of fused-ring (bicyclic) bond motifs is 5. The quantitative estimate of drug-likeness (QED) is 0.307. The van der Waals surface area contributed by atoms with Gasteiger partial charge in [0.1, 0.15) is 0 Å². The monoisotopic (exact) mass is 523 g/mol. The zero-order chi connectivity index (χ0) is 27.1. The highest BCUT2D eigenvalue weighted by atomic mass is 16.4. The molecule has 0 spiro atoms. The summed E-state index contributed by atoms with van der Waals surface area (Å²) in [5, 5.41) is 22.4. The maximum absolute atomic E-state index is 11.9. The molecule has 39 heavy (non-hydrogen) atoms. The number of carboxylic acid groups (broad SMARTS) is 1. The number of carbonyl (C=O) groups is 1. The van der Waals surface area contributed by atoms with Crippen molar-refractivity contribution in [2.45, 2.75) is 51.7 Å². The van der Waals surface area contributed by atoms with E-state index in [1.165, 1.54) is 5.56 Å². The Balaban J connectivity index is 1.22. The van der Waals surface area contributed by atoms with Gasteiger partial charge in [-0.15, -0.1) is 10.2 Å². The maximum atomic E-state index is 11.9. The molecule has 0 bridgehead atoms. The zero-order valence-electron chi connectivity index (χ0n) is 22.5. The van der Waals surface area contributed by atoms with E-state index in [1.54, 1.807) is 11.1 Å². The number of para-hydroxylation sites is 1. The summed E-state index contributed by atoms with van der Waals surface area (Å²) in [4.78, 5) is 20.5. The molecule has 2 aromatic carbocycles. The predicted molar refractivity (Wildman–Crippen MR) is 151 cm³/mol. The van der Waals surface area contributed by atoms with Crippen molar-refractivity contribution in [1.29, 1.82) is 0 Å². The average Bonchev–Trinajstić information content (AvgIpc) is 3.29. The van der Waals surface area contributed by atoms with Crippen LogP contribution >= 0.6 is 0 Å². The fourth-order valence-corrected chi connectivity index (χ4v) is 5.81. The molecular formula is C30H33N7O2. The summed E-state index contributed by atoms with van der Waals surface area (Å²) in [6, 6.07) is 20.6. The van der Waals surface area contributed by atoms with E-state index in [2.05, 4.69) is 54.2 Å². The zero-order valence-corrected chi connectivity index (χ0v) is 22.5. The van der Waals surface area contributed by atoms with Gasteiger partial charge in [-0.1, -0.05) is 36.4 Å². The van der Waals surface area contributed by atoms with Gasteiger partial charge in [0.2, 0.25) is 0 Å². The van der Waals surface area contributed by atoms with Gasteiger partial charge in [0.15, 0.2) is 17.5 Å². The summed E-state index contributed by atoms with van der Waals surface area (Å²) >= 11 is 0. The number of anilines is 2. The SMILES string of the molecule is CC(C)(C)N(C(=O)O)C1CCN(Cc2ccc(-c3nnc4n3-c3cccnc3Nc3ccccc3-4)cc2)CC1. The van der Waals surface area contributed by atoms with Crippen molar-refractivity contribution in [2.75, 3.05) is 18.4 Å². The van der Waals surface area contributed by atoms with Crippen molar-refractivity contribution in [3.05, 3.63) is 72.4 Å². The molecule has 0 radical (unpaired) electrons. The van der Waals surface area contributed by atoms with E-state index in [-0.39, 0.29) is 6.04 Å². The van der Waals surface area contributed by atoms with Gasteiger partial charge in [-0.05, 0) is 63.4 Å². The van der Waals surface area contributed by atoms with Gasteiger partial charge in [0.05, 0.1) is 11.4 Å². The summed E-state index contributed by atoms with van der Waals surface area (Å²) in [6.07, 6.45) is 2.64. The molecule has 9 nitrogen and oxygen atoms in total. The van der Waals surface area contributed by atoms with Crippen LogP contribution in [-0.4, -0.2) is 65.4 Å². The summed E-state index contributed by atoms with van der Waals surface area (Å²) in [5.74, 6) is 2.30. The Hall–Kier alpha value is -4.24. The van der Waals surface area contributed by atoms with Crippen LogP contribution in [0.1, 0.15) is 39.2 Å². The number of rotatable bonds is 4. The third kappa shape index (κ3) is 4.74. The molecule has 0 aliphatic carbocycles. The van der Waals surface area contributed by atoms with Gasteiger partial charge >= 0.3 is 6.09 Å². The number of hydrogen-bond acceptors (Lipinski definition) is 6. The predicted octanol–water partition coefficient (Wildman–Crippen LogP) is 5.80. The molecule has 1 amide bonds. The summed E-state index contributed by atoms with van der Waals surface area (Å²) in [6.45, 7) is 8.48. The van der Waals surface area contributed by atoms with Crippen molar-refractivity contribution in [3.8, 4) is 28.5 Å². The minimum Gasteiger partial charge on any atom is -0.465 e. The van der Waals surface area contributed by atoms with E-state index in [1.807, 2.05) is 57.2 Å². The number of pyridine rings is 1. The van der Waals surface area contributed by atoms with Crippen LogP contribution < -0.4 is 5.32 Å². The van der Waals surface area contributed by atoms with Crippen LogP contribution in [0.3, 0.4) is 0 Å². The first-order valence-electron chi connectivity index (χ1n) is 13.4. The molecule has 4 heterocycles. The number of piperidine rings is 1. The van der Waals surface area contributed by atoms with Gasteiger partial charge in [-0.2, -0.15) is 0 Å². The van der Waals surface area contributed by atoms with Crippen LogP contribution in [0, 0.1) is 0 Å². The summed E-state index contributed by atoms with van der Waals surface area (Å²) in [7, 11) is 0. The molecule has 1 fully saturated rings. The lowest BCUT2D eigenvalue weighted by Crippen LogP contribution is -2.54. The molecule has 2 N–H and O–H groups in total. The van der Waals surface area contributed by atoms with E-state index in [4.69, 9.17) is 0 Å². The second-order valence-electron chi connectivity index (χ2n) is 11.3. The van der Waals surface area contributed by atoms with Crippen LogP contribution in [-0.2, 0) is 6.54 Å². The number of aromatic nitrogens is 4. The Morgan fingerprint density at radius 1 is 1.00 bits per heavy atom. The smallest absolute Gasteiger partial charge is 0.407 e. The van der Waals surface area contributed by atoms with Gasteiger partial charge < -0.3 is 15.3 Å². The Morgan fingerprint density at radius 3 is 2.44 bits per heavy atom. The van der Waals surface area contributed by atoms with Crippen molar-refractivity contribution >= 4 is 17.6 Å². The molecule has 1 saturated heterocycles. The second-order valence-corrected chi connectivity index (χ2v) is 11.3. The molecule has 6 rings (SSSR count). The molecule has 0 saturated carbocycles. The first-order valence-corrected chi connectivity index (χ1v) is 13.4.